The Morgan fingerprint density at radius 1 is 1.21 bits per heavy atom. The van der Waals surface area contributed by atoms with E-state index in [-0.39, 0.29) is 11.9 Å². The lowest BCUT2D eigenvalue weighted by molar-refractivity contribution is 0.0936. The number of hydrogen-bond donors (Lipinski definition) is 1. The molecule has 0 aliphatic heterocycles. The predicted molar refractivity (Wildman–Crippen MR) is 89.5 cm³/mol. The lowest BCUT2D eigenvalue weighted by Crippen LogP contribution is -2.27. The quantitative estimate of drug-likeness (QED) is 0.676. The Balaban J connectivity index is 1.78. The van der Waals surface area contributed by atoms with Gasteiger partial charge < -0.3 is 14.8 Å². The van der Waals surface area contributed by atoms with Gasteiger partial charge in [-0.15, -0.1) is 0 Å². The van der Waals surface area contributed by atoms with E-state index in [1.165, 1.54) is 7.11 Å². The van der Waals surface area contributed by atoms with Crippen LogP contribution >= 0.6 is 11.6 Å². The summed E-state index contributed by atoms with van der Waals surface area (Å²) in [4.78, 5) is 23.7. The zero-order valence-corrected chi connectivity index (χ0v) is 13.8. The SMILES string of the molecule is COC(=O)Oc1ccc2c(c1)C(NC(=O)c1ccccc1Cl)CC2. The third-order valence-corrected chi connectivity index (χ3v) is 4.32. The van der Waals surface area contributed by atoms with Gasteiger partial charge in [-0.25, -0.2) is 4.79 Å². The van der Waals surface area contributed by atoms with Crippen LogP contribution in [0, 0.1) is 0 Å². The van der Waals surface area contributed by atoms with E-state index < -0.39 is 6.16 Å². The van der Waals surface area contributed by atoms with Gasteiger partial charge in [0.1, 0.15) is 5.75 Å². The Bertz CT molecular complexity index is 790. The summed E-state index contributed by atoms with van der Waals surface area (Å²) in [5.41, 5.74) is 2.50. The molecule has 6 heteroatoms. The van der Waals surface area contributed by atoms with E-state index in [2.05, 4.69) is 10.1 Å². The molecule has 1 atom stereocenters. The van der Waals surface area contributed by atoms with Crippen LogP contribution in [0.25, 0.3) is 0 Å². The second-order valence-corrected chi connectivity index (χ2v) is 5.87. The molecule has 24 heavy (non-hydrogen) atoms. The van der Waals surface area contributed by atoms with Gasteiger partial charge in [-0.05, 0) is 48.2 Å². The van der Waals surface area contributed by atoms with Crippen LogP contribution in [0.15, 0.2) is 42.5 Å². The molecule has 0 aromatic heterocycles. The Morgan fingerprint density at radius 3 is 2.75 bits per heavy atom. The molecule has 3 rings (SSSR count). The van der Waals surface area contributed by atoms with Crippen LogP contribution in [0.1, 0.15) is 33.9 Å². The van der Waals surface area contributed by atoms with Crippen molar-refractivity contribution in [2.75, 3.05) is 7.11 Å². The molecular formula is C18H16ClNO4. The maximum Gasteiger partial charge on any atom is 0.513 e. The van der Waals surface area contributed by atoms with Crippen LogP contribution in [0.4, 0.5) is 4.79 Å². The van der Waals surface area contributed by atoms with Gasteiger partial charge >= 0.3 is 6.16 Å². The first kappa shape index (κ1) is 16.3. The van der Waals surface area contributed by atoms with Crippen molar-refractivity contribution in [1.29, 1.82) is 0 Å². The largest absolute Gasteiger partial charge is 0.513 e. The van der Waals surface area contributed by atoms with E-state index >= 15 is 0 Å². The molecule has 0 spiro atoms. The van der Waals surface area contributed by atoms with Crippen molar-refractivity contribution in [2.24, 2.45) is 0 Å². The number of nitrogens with one attached hydrogen (secondary N) is 1. The summed E-state index contributed by atoms with van der Waals surface area (Å²) in [6, 6.07) is 12.1. The maximum atomic E-state index is 12.4. The zero-order valence-electron chi connectivity index (χ0n) is 13.0. The molecule has 0 saturated heterocycles. The first-order valence-electron chi connectivity index (χ1n) is 7.52. The van der Waals surface area contributed by atoms with Crippen molar-refractivity contribution in [3.05, 3.63) is 64.2 Å². The van der Waals surface area contributed by atoms with Crippen LogP contribution in [-0.2, 0) is 11.2 Å². The van der Waals surface area contributed by atoms with Gasteiger partial charge in [-0.1, -0.05) is 29.8 Å². The standard InChI is InChI=1S/C18H16ClNO4/c1-23-18(22)24-12-8-6-11-7-9-16(14(11)10-12)20-17(21)13-4-2-3-5-15(13)19/h2-6,8,10,16H,7,9H2,1H3,(H,20,21). The van der Waals surface area contributed by atoms with Gasteiger partial charge in [0.25, 0.3) is 5.91 Å². The molecule has 0 fully saturated rings. The molecule has 124 valence electrons. The summed E-state index contributed by atoms with van der Waals surface area (Å²) in [5, 5.41) is 3.40. The van der Waals surface area contributed by atoms with Gasteiger partial charge in [-0.2, -0.15) is 0 Å². The Kier molecular flexibility index (Phi) is 4.71. The normalized spacial score (nSPS) is 15.5. The number of carbonyl (C=O) groups excluding carboxylic acids is 2. The summed E-state index contributed by atoms with van der Waals surface area (Å²) in [5.74, 6) is 0.164. The molecule has 1 amide bonds. The van der Waals surface area contributed by atoms with Crippen molar-refractivity contribution in [3.63, 3.8) is 0 Å². The summed E-state index contributed by atoms with van der Waals surface area (Å²) >= 11 is 6.07. The molecule has 1 N–H and O–H groups in total. The highest BCUT2D eigenvalue weighted by Gasteiger charge is 2.25. The molecule has 1 unspecified atom stereocenters. The van der Waals surface area contributed by atoms with Crippen LogP contribution < -0.4 is 10.1 Å². The number of methoxy groups -OCH3 is 1. The number of hydrogen-bond acceptors (Lipinski definition) is 4. The highest BCUT2D eigenvalue weighted by atomic mass is 35.5. The molecule has 2 aromatic rings. The summed E-state index contributed by atoms with van der Waals surface area (Å²) in [6.45, 7) is 0. The fourth-order valence-corrected chi connectivity index (χ4v) is 3.03. The van der Waals surface area contributed by atoms with Crippen molar-refractivity contribution in [1.82, 2.24) is 5.32 Å². The highest BCUT2D eigenvalue weighted by Crippen LogP contribution is 2.34. The van der Waals surface area contributed by atoms with Crippen LogP contribution in [0.3, 0.4) is 0 Å². The van der Waals surface area contributed by atoms with Crippen molar-refractivity contribution >= 4 is 23.7 Å². The fourth-order valence-electron chi connectivity index (χ4n) is 2.81. The number of ether oxygens (including phenoxy) is 2. The van der Waals surface area contributed by atoms with E-state index in [0.29, 0.717) is 16.3 Å². The molecule has 1 aliphatic rings. The molecule has 0 heterocycles. The van der Waals surface area contributed by atoms with Gasteiger partial charge in [0.05, 0.1) is 23.7 Å². The predicted octanol–water partition coefficient (Wildman–Crippen LogP) is 3.90. The Labute approximate surface area is 144 Å². The number of carbonyl (C=O) groups is 2. The average molecular weight is 346 g/mol. The van der Waals surface area contributed by atoms with Crippen molar-refractivity contribution < 1.29 is 19.1 Å². The monoisotopic (exact) mass is 345 g/mol. The van der Waals surface area contributed by atoms with E-state index in [4.69, 9.17) is 16.3 Å². The first-order chi connectivity index (χ1) is 11.6. The third kappa shape index (κ3) is 3.36. The van der Waals surface area contributed by atoms with E-state index in [1.54, 1.807) is 36.4 Å². The minimum atomic E-state index is -0.774. The smallest absolute Gasteiger partial charge is 0.437 e. The zero-order chi connectivity index (χ0) is 17.1. The summed E-state index contributed by atoms with van der Waals surface area (Å²) in [6.07, 6.45) is 0.860. The lowest BCUT2D eigenvalue weighted by atomic mass is 10.1. The van der Waals surface area contributed by atoms with Crippen molar-refractivity contribution in [3.8, 4) is 5.75 Å². The Morgan fingerprint density at radius 2 is 2.00 bits per heavy atom. The fraction of sp³-hybridized carbons (Fsp3) is 0.222. The van der Waals surface area contributed by atoms with Crippen LogP contribution in [0.5, 0.6) is 5.75 Å². The minimum absolute atomic E-state index is 0.148. The maximum absolute atomic E-state index is 12.4. The number of halogens is 1. The number of benzene rings is 2. The molecule has 5 nitrogen and oxygen atoms in total. The van der Waals surface area contributed by atoms with E-state index in [1.807, 2.05) is 6.07 Å². The molecule has 1 aliphatic carbocycles. The molecule has 0 radical (unpaired) electrons. The lowest BCUT2D eigenvalue weighted by Gasteiger charge is -2.15. The number of aryl methyl sites for hydroxylation is 1. The van der Waals surface area contributed by atoms with Crippen LogP contribution in [0.2, 0.25) is 5.02 Å². The molecule has 2 aromatic carbocycles. The molecule has 0 bridgehead atoms. The second kappa shape index (κ2) is 6.93. The second-order valence-electron chi connectivity index (χ2n) is 5.46. The summed E-state index contributed by atoms with van der Waals surface area (Å²) in [7, 11) is 1.25. The van der Waals surface area contributed by atoms with E-state index in [0.717, 1.165) is 24.0 Å². The number of fused-ring (bicyclic) bond motifs is 1. The van der Waals surface area contributed by atoms with Gasteiger partial charge in [0.15, 0.2) is 0 Å². The number of rotatable bonds is 3. The van der Waals surface area contributed by atoms with Crippen LogP contribution in [-0.4, -0.2) is 19.2 Å². The van der Waals surface area contributed by atoms with Gasteiger partial charge in [0, 0.05) is 0 Å². The third-order valence-electron chi connectivity index (χ3n) is 3.99. The highest BCUT2D eigenvalue weighted by molar-refractivity contribution is 6.33. The van der Waals surface area contributed by atoms with Gasteiger partial charge in [-0.3, -0.25) is 4.79 Å². The van der Waals surface area contributed by atoms with Crippen molar-refractivity contribution in [2.45, 2.75) is 18.9 Å². The molecular weight excluding hydrogens is 330 g/mol. The topological polar surface area (TPSA) is 64.6 Å². The number of amides is 1. The van der Waals surface area contributed by atoms with E-state index in [9.17, 15) is 9.59 Å². The Hall–Kier alpha value is -2.53. The first-order valence-corrected chi connectivity index (χ1v) is 7.90. The summed E-state index contributed by atoms with van der Waals surface area (Å²) < 4.78 is 9.54. The van der Waals surface area contributed by atoms with Gasteiger partial charge in [0.2, 0.25) is 0 Å². The minimum Gasteiger partial charge on any atom is -0.437 e. The molecule has 0 saturated carbocycles. The average Bonchev–Trinajstić information content (AvgIpc) is 2.97.